The Hall–Kier alpha value is -0.940. The Labute approximate surface area is 80.6 Å². The van der Waals surface area contributed by atoms with E-state index in [4.69, 9.17) is 0 Å². The minimum Gasteiger partial charge on any atom is -0.381 e. The Morgan fingerprint density at radius 3 is 2.69 bits per heavy atom. The van der Waals surface area contributed by atoms with Gasteiger partial charge in [-0.1, -0.05) is 0 Å². The molecule has 13 heavy (non-hydrogen) atoms. The summed E-state index contributed by atoms with van der Waals surface area (Å²) >= 11 is 1.38. The van der Waals surface area contributed by atoms with Gasteiger partial charge in [-0.3, -0.25) is 10.1 Å². The number of thiazole rings is 1. The number of hydrogen-bond donors (Lipinski definition) is 2. The molecule has 0 saturated carbocycles. The van der Waals surface area contributed by atoms with Crippen LogP contribution in [0, 0.1) is 6.92 Å². The summed E-state index contributed by atoms with van der Waals surface area (Å²) in [5.74, 6) is -0.443. The van der Waals surface area contributed by atoms with E-state index in [1.165, 1.54) is 25.2 Å². The lowest BCUT2D eigenvalue weighted by atomic mass is 10.1. The number of rotatable bonds is 2. The third-order valence-electron chi connectivity index (χ3n) is 1.40. The molecule has 0 unspecified atom stereocenters. The Morgan fingerprint density at radius 2 is 2.31 bits per heavy atom. The van der Waals surface area contributed by atoms with Crippen LogP contribution in [0.5, 0.6) is 0 Å². The number of aromatic nitrogens is 1. The van der Waals surface area contributed by atoms with Crippen LogP contribution in [0.2, 0.25) is 0 Å². The third-order valence-corrected chi connectivity index (χ3v) is 2.23. The van der Waals surface area contributed by atoms with Crippen LogP contribution in [0.25, 0.3) is 0 Å². The quantitative estimate of drug-likeness (QED) is 0.753. The highest BCUT2D eigenvalue weighted by Crippen LogP contribution is 2.17. The maximum absolute atomic E-state index is 11.2. The number of anilines is 1. The first-order valence-corrected chi connectivity index (χ1v) is 4.67. The van der Waals surface area contributed by atoms with E-state index < -0.39 is 11.5 Å². The largest absolute Gasteiger partial charge is 0.381 e. The molecule has 0 spiro atoms. The van der Waals surface area contributed by atoms with Gasteiger partial charge in [0.1, 0.15) is 5.60 Å². The molecule has 72 valence electrons. The monoisotopic (exact) mass is 200 g/mol. The summed E-state index contributed by atoms with van der Waals surface area (Å²) in [4.78, 5) is 16.2. The summed E-state index contributed by atoms with van der Waals surface area (Å²) in [6.07, 6.45) is 1.67. The highest BCUT2D eigenvalue weighted by atomic mass is 32.1. The zero-order valence-corrected chi connectivity index (χ0v) is 8.60. The molecule has 1 heterocycles. The number of hydrogen-bond acceptors (Lipinski definition) is 4. The van der Waals surface area contributed by atoms with E-state index in [1.54, 1.807) is 6.20 Å². The van der Waals surface area contributed by atoms with E-state index >= 15 is 0 Å². The summed E-state index contributed by atoms with van der Waals surface area (Å²) < 4.78 is 0. The second kappa shape index (κ2) is 3.43. The second-order valence-corrected chi connectivity index (χ2v) is 4.52. The van der Waals surface area contributed by atoms with Crippen LogP contribution in [0.4, 0.5) is 5.13 Å². The second-order valence-electron chi connectivity index (χ2n) is 3.29. The molecule has 0 aliphatic heterocycles. The van der Waals surface area contributed by atoms with Crippen LogP contribution >= 0.6 is 11.3 Å². The van der Waals surface area contributed by atoms with Crippen LogP contribution in [0.15, 0.2) is 6.20 Å². The minimum atomic E-state index is -1.36. The van der Waals surface area contributed by atoms with E-state index in [-0.39, 0.29) is 0 Å². The van der Waals surface area contributed by atoms with Crippen molar-refractivity contribution in [2.24, 2.45) is 0 Å². The summed E-state index contributed by atoms with van der Waals surface area (Å²) in [5, 5.41) is 12.4. The van der Waals surface area contributed by atoms with Gasteiger partial charge in [-0.05, 0) is 20.8 Å². The van der Waals surface area contributed by atoms with Crippen LogP contribution in [-0.4, -0.2) is 21.6 Å². The van der Waals surface area contributed by atoms with Gasteiger partial charge < -0.3 is 5.11 Å². The zero-order valence-electron chi connectivity index (χ0n) is 7.79. The fourth-order valence-electron chi connectivity index (χ4n) is 0.663. The average molecular weight is 200 g/mol. The van der Waals surface area contributed by atoms with Crippen molar-refractivity contribution >= 4 is 22.4 Å². The Kier molecular flexibility index (Phi) is 2.68. The first-order chi connectivity index (χ1) is 5.89. The fourth-order valence-corrected chi connectivity index (χ4v) is 1.32. The summed E-state index contributed by atoms with van der Waals surface area (Å²) in [5.41, 5.74) is -1.36. The molecule has 1 aromatic rings. The van der Waals surface area contributed by atoms with Crippen molar-refractivity contribution in [1.29, 1.82) is 0 Å². The molecule has 2 N–H and O–H groups in total. The van der Waals surface area contributed by atoms with Crippen molar-refractivity contribution in [3.05, 3.63) is 11.1 Å². The maximum Gasteiger partial charge on any atom is 0.257 e. The smallest absolute Gasteiger partial charge is 0.257 e. The van der Waals surface area contributed by atoms with Gasteiger partial charge in [0.2, 0.25) is 0 Å². The van der Waals surface area contributed by atoms with E-state index in [0.717, 1.165) is 4.88 Å². The molecule has 0 fully saturated rings. The van der Waals surface area contributed by atoms with Crippen molar-refractivity contribution < 1.29 is 9.90 Å². The molecule has 0 radical (unpaired) electrons. The Bertz CT molecular complexity index is 314. The first kappa shape index (κ1) is 10.1. The predicted octanol–water partition coefficient (Wildman–Crippen LogP) is 1.16. The van der Waals surface area contributed by atoms with Crippen molar-refractivity contribution in [3.8, 4) is 0 Å². The van der Waals surface area contributed by atoms with Gasteiger partial charge in [-0.2, -0.15) is 0 Å². The van der Waals surface area contributed by atoms with E-state index in [1.807, 2.05) is 6.92 Å². The highest BCUT2D eigenvalue weighted by Gasteiger charge is 2.24. The van der Waals surface area contributed by atoms with Crippen molar-refractivity contribution in [2.45, 2.75) is 26.4 Å². The number of nitrogens with one attached hydrogen (secondary N) is 1. The molecule has 0 aliphatic rings. The first-order valence-electron chi connectivity index (χ1n) is 3.86. The molecular weight excluding hydrogens is 188 g/mol. The molecule has 1 amide bonds. The average Bonchev–Trinajstić information content (AvgIpc) is 2.33. The number of nitrogens with zero attached hydrogens (tertiary/aromatic N) is 1. The van der Waals surface area contributed by atoms with E-state index in [0.29, 0.717) is 5.13 Å². The lowest BCUT2D eigenvalue weighted by Crippen LogP contribution is -2.36. The summed E-state index contributed by atoms with van der Waals surface area (Å²) in [6.45, 7) is 4.77. The van der Waals surface area contributed by atoms with Crippen molar-refractivity contribution in [3.63, 3.8) is 0 Å². The predicted molar refractivity (Wildman–Crippen MR) is 51.8 cm³/mol. The highest BCUT2D eigenvalue weighted by molar-refractivity contribution is 7.15. The fraction of sp³-hybridized carbons (Fsp3) is 0.500. The molecule has 1 rings (SSSR count). The molecular formula is C8H12N2O2S. The third kappa shape index (κ3) is 2.78. The Balaban J connectivity index is 2.65. The van der Waals surface area contributed by atoms with E-state index in [9.17, 15) is 9.90 Å². The van der Waals surface area contributed by atoms with Gasteiger partial charge >= 0.3 is 0 Å². The number of aryl methyl sites for hydroxylation is 1. The van der Waals surface area contributed by atoms with E-state index in [2.05, 4.69) is 10.3 Å². The molecule has 4 nitrogen and oxygen atoms in total. The minimum absolute atomic E-state index is 0.443. The van der Waals surface area contributed by atoms with Gasteiger partial charge in [-0.15, -0.1) is 11.3 Å². The number of aliphatic hydroxyl groups is 1. The topological polar surface area (TPSA) is 62.2 Å². The molecule has 1 aromatic heterocycles. The van der Waals surface area contributed by atoms with Gasteiger partial charge in [0.15, 0.2) is 5.13 Å². The molecule has 5 heteroatoms. The van der Waals surface area contributed by atoms with Crippen LogP contribution in [0.3, 0.4) is 0 Å². The lowest BCUT2D eigenvalue weighted by Gasteiger charge is -2.14. The molecule has 0 aromatic carbocycles. The summed E-state index contributed by atoms with van der Waals surface area (Å²) in [7, 11) is 0. The van der Waals surface area contributed by atoms with Crippen LogP contribution in [0.1, 0.15) is 18.7 Å². The number of carbonyl (C=O) groups excluding carboxylic acids is 1. The van der Waals surface area contributed by atoms with Gasteiger partial charge in [0.25, 0.3) is 5.91 Å². The SMILES string of the molecule is Cc1cnc(NC(=O)C(C)(C)O)s1. The molecule has 0 aliphatic carbocycles. The van der Waals surface area contributed by atoms with Crippen LogP contribution in [-0.2, 0) is 4.79 Å². The lowest BCUT2D eigenvalue weighted by molar-refractivity contribution is -0.130. The summed E-state index contributed by atoms with van der Waals surface area (Å²) in [6, 6.07) is 0. The number of carbonyl (C=O) groups is 1. The number of amides is 1. The maximum atomic E-state index is 11.2. The van der Waals surface area contributed by atoms with Crippen molar-refractivity contribution in [1.82, 2.24) is 4.98 Å². The normalized spacial score (nSPS) is 11.4. The van der Waals surface area contributed by atoms with Gasteiger partial charge in [0, 0.05) is 11.1 Å². The standard InChI is InChI=1S/C8H12N2O2S/c1-5-4-9-7(13-5)10-6(11)8(2,3)12/h4,12H,1-3H3,(H,9,10,11). The van der Waals surface area contributed by atoms with Gasteiger partial charge in [-0.25, -0.2) is 4.98 Å². The Morgan fingerprint density at radius 1 is 1.69 bits per heavy atom. The van der Waals surface area contributed by atoms with Gasteiger partial charge in [0.05, 0.1) is 0 Å². The molecule has 0 saturated heterocycles. The van der Waals surface area contributed by atoms with Crippen LogP contribution < -0.4 is 5.32 Å². The zero-order chi connectivity index (χ0) is 10.1. The molecule has 0 bridgehead atoms. The van der Waals surface area contributed by atoms with Crippen molar-refractivity contribution in [2.75, 3.05) is 5.32 Å². The molecule has 0 atom stereocenters.